The van der Waals surface area contributed by atoms with Gasteiger partial charge in [-0.2, -0.15) is 33.7 Å². The van der Waals surface area contributed by atoms with Crippen LogP contribution < -0.4 is 0 Å². The lowest BCUT2D eigenvalue weighted by Gasteiger charge is -2.30. The van der Waals surface area contributed by atoms with Gasteiger partial charge in [0.1, 0.15) is 11.9 Å². The van der Waals surface area contributed by atoms with Crippen molar-refractivity contribution in [1.29, 1.82) is 0 Å². The quantitative estimate of drug-likeness (QED) is 0.0567. The average molecular weight is 1130 g/mol. The Bertz CT molecular complexity index is 2870. The van der Waals surface area contributed by atoms with Crippen LogP contribution in [0.4, 0.5) is 0 Å². The highest BCUT2D eigenvalue weighted by molar-refractivity contribution is 7.86. The molecule has 0 spiro atoms. The first-order valence-corrected chi connectivity index (χ1v) is 30.9. The molecule has 1 heterocycles. The maximum atomic E-state index is 11.4. The van der Waals surface area contributed by atoms with Crippen LogP contribution in [-0.4, -0.2) is 176 Å². The molecule has 418 valence electrons. The molecule has 0 bridgehead atoms. The monoisotopic (exact) mass is 1130 g/mol. The second-order valence-corrected chi connectivity index (χ2v) is 24.4. The molecule has 0 fully saturated rings. The second kappa shape index (κ2) is 35.1. The first kappa shape index (κ1) is 68.7. The predicted octanol–water partition coefficient (Wildman–Crippen LogP) is 5.06. The Kier molecular flexibility index (Phi) is 31.8. The van der Waals surface area contributed by atoms with Gasteiger partial charge in [0.05, 0.1) is 76.8 Å². The summed E-state index contributed by atoms with van der Waals surface area (Å²) in [6, 6.07) is 31.9. The average Bonchev–Trinajstić information content (AvgIpc) is 3.87. The highest BCUT2D eigenvalue weighted by Crippen LogP contribution is 2.26. The molecule has 0 aliphatic carbocycles. The molecule has 4 aromatic rings. The van der Waals surface area contributed by atoms with Gasteiger partial charge in [0.2, 0.25) is 0 Å². The fourth-order valence-electron chi connectivity index (χ4n) is 6.87. The lowest BCUT2D eigenvalue weighted by molar-refractivity contribution is 0.106. The van der Waals surface area contributed by atoms with Gasteiger partial charge in [-0.1, -0.05) is 115 Å². The van der Waals surface area contributed by atoms with Crippen LogP contribution >= 0.6 is 0 Å². The van der Waals surface area contributed by atoms with Gasteiger partial charge in [-0.25, -0.2) is 0 Å². The smallest absolute Gasteiger partial charge is 0.265 e. The number of benzene rings is 3. The van der Waals surface area contributed by atoms with Crippen LogP contribution in [0.25, 0.3) is 0 Å². The maximum Gasteiger partial charge on any atom is 0.265 e. The van der Waals surface area contributed by atoms with Gasteiger partial charge < -0.3 is 4.42 Å². The molecule has 0 saturated heterocycles. The molecular formula is C55H76N4O13S4. The van der Waals surface area contributed by atoms with Gasteiger partial charge in [-0.05, 0) is 77.3 Å². The Morgan fingerprint density at radius 3 is 1.24 bits per heavy atom. The lowest BCUT2D eigenvalue weighted by Crippen LogP contribution is -2.42. The number of furan rings is 1. The topological polar surface area (TPSA) is 200 Å². The van der Waals surface area contributed by atoms with Crippen LogP contribution in [-0.2, 0) is 76.5 Å². The van der Waals surface area contributed by atoms with Crippen LogP contribution in [0, 0.1) is 49.4 Å². The van der Waals surface area contributed by atoms with Gasteiger partial charge in [0.25, 0.3) is 40.5 Å². The normalized spacial score (nSPS) is 14.1. The summed E-state index contributed by atoms with van der Waals surface area (Å²) in [5.74, 6) is 10.9. The van der Waals surface area contributed by atoms with Gasteiger partial charge >= 0.3 is 0 Å². The summed E-state index contributed by atoms with van der Waals surface area (Å²) >= 11 is 0. The van der Waals surface area contributed by atoms with Gasteiger partial charge in [0, 0.05) is 37.0 Å². The largest absolute Gasteiger partial charge is 0.469 e. The summed E-state index contributed by atoms with van der Waals surface area (Å²) in [7, 11) is -6.58. The van der Waals surface area contributed by atoms with E-state index in [2.05, 4.69) is 23.7 Å². The lowest BCUT2D eigenvalue weighted by atomic mass is 10.0. The van der Waals surface area contributed by atoms with E-state index < -0.39 is 52.7 Å². The number of likely N-dealkylation sites (N-methyl/N-ethyl adjacent to an activating group) is 4. The third kappa shape index (κ3) is 31.6. The molecule has 6 atom stereocenters. The molecule has 3 aromatic carbocycles. The van der Waals surface area contributed by atoms with Crippen molar-refractivity contribution in [2.24, 2.45) is 0 Å². The number of terminal acetylenes is 4. The molecule has 21 heteroatoms. The van der Waals surface area contributed by atoms with Gasteiger partial charge in [-0.3, -0.25) is 36.3 Å². The minimum atomic E-state index is -3.54. The Morgan fingerprint density at radius 1 is 0.474 bits per heavy atom. The van der Waals surface area contributed by atoms with E-state index in [1.54, 1.807) is 12.3 Å². The van der Waals surface area contributed by atoms with Crippen LogP contribution in [0.3, 0.4) is 0 Å². The van der Waals surface area contributed by atoms with E-state index in [1.807, 2.05) is 159 Å². The third-order valence-corrected chi connectivity index (χ3v) is 13.5. The summed E-state index contributed by atoms with van der Waals surface area (Å²) in [4.78, 5) is 7.55. The first-order valence-electron chi connectivity index (χ1n) is 23.7. The number of hydrogen-bond acceptors (Lipinski definition) is 17. The van der Waals surface area contributed by atoms with Crippen molar-refractivity contribution in [1.82, 2.24) is 19.6 Å². The number of rotatable bonds is 27. The van der Waals surface area contributed by atoms with Crippen molar-refractivity contribution >= 4 is 40.5 Å². The SMILES string of the molecule is C#CCN(C)C(C)C(Cc1ccccc1)OS(C)(=O)=O.C#CCN(C)C(C)C(OS(C)(=O)=O)c1ccccc1.C#CCN(C)C(COS(C)(=O)=O)Cc1ccccc1.C#CCN(C)C(COS(C)(=O)=O)Cc1ccco1. The molecular weight excluding hydrogens is 1050 g/mol. The van der Waals surface area contributed by atoms with E-state index in [1.165, 1.54) is 0 Å². The van der Waals surface area contributed by atoms with Gasteiger partial charge in [-0.15, -0.1) is 25.7 Å². The molecule has 17 nitrogen and oxygen atoms in total. The van der Waals surface area contributed by atoms with Crippen LogP contribution in [0.1, 0.15) is 42.4 Å². The fourth-order valence-corrected chi connectivity index (χ4v) is 9.01. The van der Waals surface area contributed by atoms with E-state index >= 15 is 0 Å². The van der Waals surface area contributed by atoms with Crippen LogP contribution in [0.15, 0.2) is 114 Å². The van der Waals surface area contributed by atoms with Crippen LogP contribution in [0.2, 0.25) is 0 Å². The fraction of sp³-hybridized carbons (Fsp3) is 0.455. The predicted molar refractivity (Wildman–Crippen MR) is 301 cm³/mol. The Balaban J connectivity index is 0.000000507. The Morgan fingerprint density at radius 2 is 0.855 bits per heavy atom. The molecule has 6 unspecified atom stereocenters. The summed E-state index contributed by atoms with van der Waals surface area (Å²) < 4.78 is 115. The molecule has 0 saturated carbocycles. The van der Waals surface area contributed by atoms with E-state index in [-0.39, 0.29) is 37.4 Å². The van der Waals surface area contributed by atoms with Gasteiger partial charge in [0.15, 0.2) is 0 Å². The highest BCUT2D eigenvalue weighted by Gasteiger charge is 2.28. The molecule has 4 rings (SSSR count). The standard InChI is InChI=1S/C15H21NO3S.2C14H19NO3S.C12H17NO4S/c1-5-11-16(3)13(2)15(19-20(4,17)18)12-14-9-7-6-8-10-14;1-5-11-15(3)12(2)14(18-19(4,16)17)13-9-7-6-8-10-13;1-4-10-15(2)14(12-18-19(3,16)17)11-13-8-6-5-7-9-13;1-4-7-13(2)11(10-17-18(3,14)15)9-12-6-5-8-16-12/h1,6-10,13,15H,11-12H2,2-4H3;1,6-10,12,14H,11H2,2-4H3;1,5-9,14H,10-12H2,2-3H3;1,5-6,8,11H,7,9-10H2,2-3H3. The molecule has 0 radical (unpaired) electrons. The zero-order chi connectivity index (χ0) is 57.5. The van der Waals surface area contributed by atoms with Crippen molar-refractivity contribution < 1.29 is 54.8 Å². The summed E-state index contributed by atoms with van der Waals surface area (Å²) in [6.45, 7) is 5.69. The van der Waals surface area contributed by atoms with Crippen molar-refractivity contribution in [3.05, 3.63) is 132 Å². The minimum absolute atomic E-state index is 0.0533. The zero-order valence-corrected chi connectivity index (χ0v) is 48.5. The molecule has 0 aliphatic heterocycles. The summed E-state index contributed by atoms with van der Waals surface area (Å²) in [5, 5.41) is 0. The number of nitrogens with zero attached hydrogens (tertiary/aromatic N) is 4. The Labute approximate surface area is 455 Å². The highest BCUT2D eigenvalue weighted by atomic mass is 32.2. The molecule has 0 N–H and O–H groups in total. The van der Waals surface area contributed by atoms with Crippen molar-refractivity contribution in [3.63, 3.8) is 0 Å². The zero-order valence-electron chi connectivity index (χ0n) is 45.3. The molecule has 76 heavy (non-hydrogen) atoms. The van der Waals surface area contributed by atoms with Crippen molar-refractivity contribution in [2.75, 3.05) is 92.6 Å². The second-order valence-electron chi connectivity index (χ2n) is 17.9. The van der Waals surface area contributed by atoms with Crippen LogP contribution in [0.5, 0.6) is 0 Å². The first-order chi connectivity index (χ1) is 35.5. The van der Waals surface area contributed by atoms with Crippen molar-refractivity contribution in [2.45, 2.75) is 69.5 Å². The summed E-state index contributed by atoms with van der Waals surface area (Å²) in [5.41, 5.74) is 2.96. The minimum Gasteiger partial charge on any atom is -0.469 e. The van der Waals surface area contributed by atoms with E-state index in [0.29, 0.717) is 45.4 Å². The summed E-state index contributed by atoms with van der Waals surface area (Å²) in [6.07, 6.45) is 27.6. The van der Waals surface area contributed by atoms with E-state index in [0.717, 1.165) is 47.5 Å². The maximum absolute atomic E-state index is 11.4. The van der Waals surface area contributed by atoms with E-state index in [9.17, 15) is 33.7 Å². The number of hydrogen-bond donors (Lipinski definition) is 0. The van der Waals surface area contributed by atoms with Crippen molar-refractivity contribution in [3.8, 4) is 49.4 Å². The molecule has 0 amide bonds. The molecule has 0 aliphatic rings. The van der Waals surface area contributed by atoms with E-state index in [4.69, 9.17) is 46.8 Å². The molecule has 1 aromatic heterocycles. The Hall–Kier alpha value is -5.34. The third-order valence-electron chi connectivity index (χ3n) is 11.2.